The lowest BCUT2D eigenvalue weighted by Gasteiger charge is -2.34. The molecule has 1 amide bonds. The number of benzene rings is 3. The third-order valence-corrected chi connectivity index (χ3v) is 8.24. The van der Waals surface area contributed by atoms with Crippen molar-refractivity contribution >= 4 is 38.1 Å². The van der Waals surface area contributed by atoms with Crippen molar-refractivity contribution in [2.24, 2.45) is 0 Å². The summed E-state index contributed by atoms with van der Waals surface area (Å²) in [6.45, 7) is 3.70. The van der Waals surface area contributed by atoms with Gasteiger partial charge in [-0.15, -0.1) is 10.2 Å². The largest absolute Gasteiger partial charge is 0.476 e. The molecule has 1 aliphatic rings. The number of anilines is 2. The number of sulfonamides is 1. The van der Waals surface area contributed by atoms with E-state index in [1.165, 1.54) is 27.8 Å². The molecule has 0 bridgehead atoms. The molecule has 0 aliphatic carbocycles. The van der Waals surface area contributed by atoms with Gasteiger partial charge in [0.1, 0.15) is 10.8 Å². The van der Waals surface area contributed by atoms with E-state index in [-0.39, 0.29) is 11.4 Å². The number of hydrogen-bond acceptors (Lipinski definition) is 7. The summed E-state index contributed by atoms with van der Waals surface area (Å²) in [5.74, 6) is -0.175. The first-order valence-corrected chi connectivity index (χ1v) is 13.1. The van der Waals surface area contributed by atoms with Crippen LogP contribution in [0.4, 0.5) is 10.8 Å². The molecule has 0 spiro atoms. The molecule has 4 aromatic rings. The SMILES string of the molecule is Cc1ccc(-c2nnc(NC(=O)[C@@H]3CN(S(=O)(=O)c4ccccc4)c4ccc(C)cc4O3)s2)cc1. The third kappa shape index (κ3) is 4.62. The van der Waals surface area contributed by atoms with Gasteiger partial charge >= 0.3 is 0 Å². The average Bonchev–Trinajstić information content (AvgIpc) is 3.32. The van der Waals surface area contributed by atoms with Crippen molar-refractivity contribution in [2.75, 3.05) is 16.2 Å². The number of rotatable bonds is 5. The van der Waals surface area contributed by atoms with E-state index in [2.05, 4.69) is 15.5 Å². The van der Waals surface area contributed by atoms with Crippen molar-refractivity contribution in [1.82, 2.24) is 10.2 Å². The minimum absolute atomic E-state index is 0.138. The maximum Gasteiger partial charge on any atom is 0.269 e. The van der Waals surface area contributed by atoms with Crippen LogP contribution in [-0.4, -0.2) is 37.2 Å². The van der Waals surface area contributed by atoms with Crippen molar-refractivity contribution in [3.63, 3.8) is 0 Å². The van der Waals surface area contributed by atoms with Crippen LogP contribution in [0.15, 0.2) is 77.7 Å². The lowest BCUT2D eigenvalue weighted by atomic mass is 10.1. The van der Waals surface area contributed by atoms with Gasteiger partial charge in [0.15, 0.2) is 6.10 Å². The molecule has 1 N–H and O–H groups in total. The van der Waals surface area contributed by atoms with Gasteiger partial charge in [-0.05, 0) is 43.7 Å². The zero-order valence-electron chi connectivity index (χ0n) is 19.0. The lowest BCUT2D eigenvalue weighted by molar-refractivity contribution is -0.122. The summed E-state index contributed by atoms with van der Waals surface area (Å²) in [6, 6.07) is 21.2. The zero-order chi connectivity index (χ0) is 24.6. The molecule has 3 aromatic carbocycles. The van der Waals surface area contributed by atoms with Gasteiger partial charge in [-0.1, -0.05) is 65.4 Å². The highest BCUT2D eigenvalue weighted by atomic mass is 32.2. The zero-order valence-corrected chi connectivity index (χ0v) is 20.6. The number of amides is 1. The maximum absolute atomic E-state index is 13.5. The molecule has 2 heterocycles. The van der Waals surface area contributed by atoms with Crippen LogP contribution in [0.25, 0.3) is 10.6 Å². The van der Waals surface area contributed by atoms with Gasteiger partial charge < -0.3 is 4.74 Å². The first-order chi connectivity index (χ1) is 16.8. The summed E-state index contributed by atoms with van der Waals surface area (Å²) >= 11 is 1.23. The van der Waals surface area contributed by atoms with Crippen LogP contribution in [0.3, 0.4) is 0 Å². The predicted octanol–water partition coefficient (Wildman–Crippen LogP) is 4.42. The Balaban J connectivity index is 1.41. The third-order valence-electron chi connectivity index (χ3n) is 5.56. The molecule has 0 saturated heterocycles. The van der Waals surface area contributed by atoms with E-state index >= 15 is 0 Å². The highest BCUT2D eigenvalue weighted by molar-refractivity contribution is 7.92. The van der Waals surface area contributed by atoms with Gasteiger partial charge in [0.2, 0.25) is 5.13 Å². The molecule has 0 saturated carbocycles. The summed E-state index contributed by atoms with van der Waals surface area (Å²) < 4.78 is 34.1. The predicted molar refractivity (Wildman–Crippen MR) is 135 cm³/mol. The summed E-state index contributed by atoms with van der Waals surface area (Å²) in [6.07, 6.45) is -1.07. The Hall–Kier alpha value is -3.76. The standard InChI is InChI=1S/C25H22N4O4S2/c1-16-8-11-18(12-9-16)24-27-28-25(34-24)26-23(30)22-15-29(20-13-10-17(2)14-21(20)33-22)35(31,32)19-6-4-3-5-7-19/h3-14,22H,15H2,1-2H3,(H,26,28,30)/t22-/m0/s1. The Kier molecular flexibility index (Phi) is 6.00. The minimum Gasteiger partial charge on any atom is -0.476 e. The highest BCUT2D eigenvalue weighted by Crippen LogP contribution is 2.38. The summed E-state index contributed by atoms with van der Waals surface area (Å²) in [7, 11) is -3.92. The van der Waals surface area contributed by atoms with Crippen molar-refractivity contribution in [3.8, 4) is 16.3 Å². The van der Waals surface area contributed by atoms with Crippen LogP contribution in [0.1, 0.15) is 11.1 Å². The fourth-order valence-electron chi connectivity index (χ4n) is 3.72. The topological polar surface area (TPSA) is 101 Å². The number of carbonyl (C=O) groups excluding carboxylic acids is 1. The van der Waals surface area contributed by atoms with Crippen LogP contribution in [0.5, 0.6) is 5.75 Å². The fraction of sp³-hybridized carbons (Fsp3) is 0.160. The molecular formula is C25H22N4O4S2. The summed E-state index contributed by atoms with van der Waals surface area (Å²) in [4.78, 5) is 13.3. The number of ether oxygens (including phenoxy) is 1. The summed E-state index contributed by atoms with van der Waals surface area (Å²) in [5, 5.41) is 11.9. The van der Waals surface area contributed by atoms with Gasteiger partial charge in [0, 0.05) is 5.56 Å². The molecule has 35 heavy (non-hydrogen) atoms. The Morgan fingerprint density at radius 2 is 1.71 bits per heavy atom. The number of aromatic nitrogens is 2. The van der Waals surface area contributed by atoms with E-state index in [4.69, 9.17) is 4.74 Å². The van der Waals surface area contributed by atoms with Crippen LogP contribution >= 0.6 is 11.3 Å². The molecule has 8 nitrogen and oxygen atoms in total. The van der Waals surface area contributed by atoms with Crippen LogP contribution in [0.2, 0.25) is 0 Å². The van der Waals surface area contributed by atoms with Gasteiger partial charge in [-0.3, -0.25) is 14.4 Å². The number of carbonyl (C=O) groups is 1. The molecule has 1 aromatic heterocycles. The first kappa shape index (κ1) is 23.0. The molecule has 10 heteroatoms. The van der Waals surface area contributed by atoms with E-state index in [1.807, 2.05) is 44.2 Å². The van der Waals surface area contributed by atoms with Gasteiger partial charge in [-0.25, -0.2) is 8.42 Å². The maximum atomic E-state index is 13.5. The molecular weight excluding hydrogens is 484 g/mol. The smallest absolute Gasteiger partial charge is 0.269 e. The van der Waals surface area contributed by atoms with E-state index < -0.39 is 22.0 Å². The molecule has 178 valence electrons. The second-order valence-electron chi connectivity index (χ2n) is 8.19. The van der Waals surface area contributed by atoms with E-state index in [0.717, 1.165) is 16.7 Å². The molecule has 0 unspecified atom stereocenters. The second-order valence-corrected chi connectivity index (χ2v) is 11.0. The number of nitrogens with one attached hydrogen (secondary N) is 1. The number of hydrogen-bond donors (Lipinski definition) is 1. The van der Waals surface area contributed by atoms with Gasteiger partial charge in [0.05, 0.1) is 17.1 Å². The molecule has 5 rings (SSSR count). The average molecular weight is 507 g/mol. The molecule has 1 aliphatic heterocycles. The first-order valence-electron chi connectivity index (χ1n) is 10.9. The van der Waals surface area contributed by atoms with E-state index in [1.54, 1.807) is 30.3 Å². The lowest BCUT2D eigenvalue weighted by Crippen LogP contribution is -2.48. The monoisotopic (exact) mass is 506 g/mol. The summed E-state index contributed by atoms with van der Waals surface area (Å²) in [5.41, 5.74) is 3.30. The number of nitrogens with zero attached hydrogens (tertiary/aromatic N) is 3. The fourth-order valence-corrected chi connectivity index (χ4v) is 5.97. The van der Waals surface area contributed by atoms with Crippen molar-refractivity contribution < 1.29 is 17.9 Å². The molecule has 0 fully saturated rings. The van der Waals surface area contributed by atoms with E-state index in [9.17, 15) is 13.2 Å². The van der Waals surface area contributed by atoms with Crippen molar-refractivity contribution in [2.45, 2.75) is 24.8 Å². The van der Waals surface area contributed by atoms with Gasteiger partial charge in [-0.2, -0.15) is 0 Å². The molecule has 1 atom stereocenters. The number of aryl methyl sites for hydroxylation is 2. The van der Waals surface area contributed by atoms with E-state index in [0.29, 0.717) is 21.6 Å². The Morgan fingerprint density at radius 3 is 2.46 bits per heavy atom. The Morgan fingerprint density at radius 1 is 1.00 bits per heavy atom. The van der Waals surface area contributed by atoms with Gasteiger partial charge in [0.25, 0.3) is 15.9 Å². The van der Waals surface area contributed by atoms with Crippen LogP contribution < -0.4 is 14.4 Å². The van der Waals surface area contributed by atoms with Crippen molar-refractivity contribution in [3.05, 3.63) is 83.9 Å². The highest BCUT2D eigenvalue weighted by Gasteiger charge is 2.38. The molecule has 0 radical (unpaired) electrons. The Labute approximate surface area is 207 Å². The minimum atomic E-state index is -3.92. The number of fused-ring (bicyclic) bond motifs is 1. The van der Waals surface area contributed by atoms with Crippen LogP contribution in [0, 0.1) is 13.8 Å². The van der Waals surface area contributed by atoms with Crippen molar-refractivity contribution in [1.29, 1.82) is 0 Å². The second kappa shape index (κ2) is 9.12. The Bertz CT molecular complexity index is 1490. The normalized spacial score (nSPS) is 15.3. The quantitative estimate of drug-likeness (QED) is 0.430. The van der Waals surface area contributed by atoms with Crippen LogP contribution in [-0.2, 0) is 14.8 Å².